The second-order valence-corrected chi connectivity index (χ2v) is 7.07. The number of hydrogen-bond donors (Lipinski definition) is 1. The Hall–Kier alpha value is -1.14. The Morgan fingerprint density at radius 3 is 2.50 bits per heavy atom. The first-order valence-electron chi connectivity index (χ1n) is 7.01. The summed E-state index contributed by atoms with van der Waals surface area (Å²) in [6, 6.07) is 0. The summed E-state index contributed by atoms with van der Waals surface area (Å²) < 4.78 is 0. The van der Waals surface area contributed by atoms with Crippen LogP contribution in [0.5, 0.6) is 0 Å². The SMILES string of the molecule is CC(C)(C)c1csc(N2CCN(CCC(=O)O)CC2)n1. The molecule has 2 heterocycles. The molecule has 0 bridgehead atoms. The van der Waals surface area contributed by atoms with Gasteiger partial charge in [0, 0.05) is 43.5 Å². The fraction of sp³-hybridized carbons (Fsp3) is 0.714. The van der Waals surface area contributed by atoms with Crippen molar-refractivity contribution in [2.24, 2.45) is 0 Å². The van der Waals surface area contributed by atoms with E-state index in [0.717, 1.165) is 37.0 Å². The van der Waals surface area contributed by atoms with Gasteiger partial charge in [-0.15, -0.1) is 11.3 Å². The summed E-state index contributed by atoms with van der Waals surface area (Å²) in [6.45, 7) is 10.9. The van der Waals surface area contributed by atoms with Crippen molar-refractivity contribution < 1.29 is 9.90 Å². The standard InChI is InChI=1S/C14H23N3O2S/c1-14(2,3)11-10-20-13(15-11)17-8-6-16(7-9-17)5-4-12(18)19/h10H,4-9H2,1-3H3,(H,18,19). The van der Waals surface area contributed by atoms with Crippen molar-refractivity contribution in [2.75, 3.05) is 37.6 Å². The van der Waals surface area contributed by atoms with E-state index >= 15 is 0 Å². The Kier molecular flexibility index (Phi) is 4.65. The van der Waals surface area contributed by atoms with Crippen molar-refractivity contribution in [1.29, 1.82) is 0 Å². The minimum atomic E-state index is -0.720. The lowest BCUT2D eigenvalue weighted by Crippen LogP contribution is -2.46. The van der Waals surface area contributed by atoms with Gasteiger partial charge in [0.25, 0.3) is 0 Å². The Bertz CT molecular complexity index is 459. The molecule has 0 spiro atoms. The van der Waals surface area contributed by atoms with Crippen LogP contribution in [-0.4, -0.2) is 53.7 Å². The number of anilines is 1. The molecule has 0 aromatic carbocycles. The minimum Gasteiger partial charge on any atom is -0.481 e. The van der Waals surface area contributed by atoms with Crippen molar-refractivity contribution in [1.82, 2.24) is 9.88 Å². The fourth-order valence-corrected chi connectivity index (χ4v) is 3.28. The fourth-order valence-electron chi connectivity index (χ4n) is 2.17. The Labute approximate surface area is 124 Å². The zero-order valence-corrected chi connectivity index (χ0v) is 13.2. The van der Waals surface area contributed by atoms with E-state index in [9.17, 15) is 4.79 Å². The first kappa shape index (κ1) is 15.3. The molecule has 1 fully saturated rings. The topological polar surface area (TPSA) is 56.7 Å². The van der Waals surface area contributed by atoms with Gasteiger partial charge in [-0.25, -0.2) is 4.98 Å². The number of carboxylic acids is 1. The van der Waals surface area contributed by atoms with Gasteiger partial charge in [0.2, 0.25) is 0 Å². The highest BCUT2D eigenvalue weighted by atomic mass is 32.1. The number of aliphatic carboxylic acids is 1. The summed E-state index contributed by atoms with van der Waals surface area (Å²) in [5.74, 6) is -0.720. The van der Waals surface area contributed by atoms with Crippen LogP contribution in [0.25, 0.3) is 0 Å². The van der Waals surface area contributed by atoms with Gasteiger partial charge in [-0.05, 0) is 0 Å². The van der Waals surface area contributed by atoms with Gasteiger partial charge >= 0.3 is 5.97 Å². The van der Waals surface area contributed by atoms with Crippen molar-refractivity contribution >= 4 is 22.4 Å². The monoisotopic (exact) mass is 297 g/mol. The molecule has 0 saturated carbocycles. The summed E-state index contributed by atoms with van der Waals surface area (Å²) in [4.78, 5) is 19.8. The van der Waals surface area contributed by atoms with Crippen LogP contribution in [0.4, 0.5) is 5.13 Å². The molecular weight excluding hydrogens is 274 g/mol. The first-order chi connectivity index (χ1) is 9.36. The van der Waals surface area contributed by atoms with Gasteiger partial charge in [-0.3, -0.25) is 9.69 Å². The molecule has 1 aromatic heterocycles. The third-order valence-electron chi connectivity index (χ3n) is 3.55. The first-order valence-corrected chi connectivity index (χ1v) is 7.89. The number of thiazole rings is 1. The number of hydrogen-bond acceptors (Lipinski definition) is 5. The number of nitrogens with zero attached hydrogens (tertiary/aromatic N) is 3. The third-order valence-corrected chi connectivity index (χ3v) is 4.45. The van der Waals surface area contributed by atoms with Gasteiger partial charge in [-0.1, -0.05) is 20.8 Å². The van der Waals surface area contributed by atoms with E-state index in [4.69, 9.17) is 10.1 Å². The molecule has 0 unspecified atom stereocenters. The number of carboxylic acid groups (broad SMARTS) is 1. The zero-order chi connectivity index (χ0) is 14.8. The van der Waals surface area contributed by atoms with E-state index in [0.29, 0.717) is 6.54 Å². The molecule has 1 aliphatic rings. The van der Waals surface area contributed by atoms with E-state index in [1.165, 1.54) is 0 Å². The number of rotatable bonds is 4. The minimum absolute atomic E-state index is 0.0953. The van der Waals surface area contributed by atoms with Crippen LogP contribution in [-0.2, 0) is 10.2 Å². The van der Waals surface area contributed by atoms with Crippen molar-refractivity contribution in [3.8, 4) is 0 Å². The molecule has 0 amide bonds. The van der Waals surface area contributed by atoms with E-state index in [1.54, 1.807) is 11.3 Å². The van der Waals surface area contributed by atoms with E-state index < -0.39 is 5.97 Å². The van der Waals surface area contributed by atoms with Gasteiger partial charge in [0.15, 0.2) is 5.13 Å². The number of piperazine rings is 1. The van der Waals surface area contributed by atoms with Crippen LogP contribution in [0.15, 0.2) is 5.38 Å². The summed E-state index contributed by atoms with van der Waals surface area (Å²) in [5.41, 5.74) is 1.24. The van der Waals surface area contributed by atoms with Gasteiger partial charge in [0.05, 0.1) is 12.1 Å². The molecule has 6 heteroatoms. The maximum absolute atomic E-state index is 10.6. The Morgan fingerprint density at radius 1 is 1.35 bits per heavy atom. The van der Waals surface area contributed by atoms with Crippen LogP contribution in [0.2, 0.25) is 0 Å². The van der Waals surface area contributed by atoms with Gasteiger partial charge in [-0.2, -0.15) is 0 Å². The summed E-state index contributed by atoms with van der Waals surface area (Å²) in [6.07, 6.45) is 0.228. The molecule has 0 aliphatic carbocycles. The molecule has 1 saturated heterocycles. The van der Waals surface area contributed by atoms with Crippen LogP contribution in [0.1, 0.15) is 32.9 Å². The smallest absolute Gasteiger partial charge is 0.304 e. The van der Waals surface area contributed by atoms with Crippen molar-refractivity contribution in [3.05, 3.63) is 11.1 Å². The quantitative estimate of drug-likeness (QED) is 0.921. The van der Waals surface area contributed by atoms with Crippen molar-refractivity contribution in [3.63, 3.8) is 0 Å². The average molecular weight is 297 g/mol. The highest BCUT2D eigenvalue weighted by Gasteiger charge is 2.22. The molecule has 1 N–H and O–H groups in total. The zero-order valence-electron chi connectivity index (χ0n) is 12.4. The van der Waals surface area contributed by atoms with E-state index in [1.807, 2.05) is 0 Å². The summed E-state index contributed by atoms with van der Waals surface area (Å²) in [7, 11) is 0. The van der Waals surface area contributed by atoms with Crippen LogP contribution in [0, 0.1) is 0 Å². The molecular formula is C14H23N3O2S. The summed E-state index contributed by atoms with van der Waals surface area (Å²) >= 11 is 1.70. The second kappa shape index (κ2) is 6.10. The predicted octanol–water partition coefficient (Wildman–Crippen LogP) is 2.04. The lowest BCUT2D eigenvalue weighted by Gasteiger charge is -2.34. The summed E-state index contributed by atoms with van der Waals surface area (Å²) in [5, 5.41) is 11.9. The molecule has 20 heavy (non-hydrogen) atoms. The van der Waals surface area contributed by atoms with E-state index in [2.05, 4.69) is 36.0 Å². The Balaban J connectivity index is 1.87. The molecule has 1 aromatic rings. The second-order valence-electron chi connectivity index (χ2n) is 6.24. The number of aromatic nitrogens is 1. The Morgan fingerprint density at radius 2 is 2.00 bits per heavy atom. The number of carbonyl (C=O) groups is 1. The lowest BCUT2D eigenvalue weighted by molar-refractivity contribution is -0.137. The van der Waals surface area contributed by atoms with Crippen LogP contribution < -0.4 is 4.90 Å². The van der Waals surface area contributed by atoms with Gasteiger partial charge in [0.1, 0.15) is 0 Å². The highest BCUT2D eigenvalue weighted by molar-refractivity contribution is 7.13. The lowest BCUT2D eigenvalue weighted by atomic mass is 9.93. The van der Waals surface area contributed by atoms with Crippen LogP contribution >= 0.6 is 11.3 Å². The highest BCUT2D eigenvalue weighted by Crippen LogP contribution is 2.29. The maximum Gasteiger partial charge on any atom is 0.304 e. The largest absolute Gasteiger partial charge is 0.481 e. The third kappa shape index (κ3) is 3.93. The average Bonchev–Trinajstić information content (AvgIpc) is 2.86. The molecule has 112 valence electrons. The van der Waals surface area contributed by atoms with E-state index in [-0.39, 0.29) is 11.8 Å². The molecule has 2 rings (SSSR count). The maximum atomic E-state index is 10.6. The molecule has 5 nitrogen and oxygen atoms in total. The molecule has 0 atom stereocenters. The molecule has 1 aliphatic heterocycles. The van der Waals surface area contributed by atoms with Gasteiger partial charge < -0.3 is 10.0 Å². The predicted molar refractivity (Wildman–Crippen MR) is 81.7 cm³/mol. The van der Waals surface area contributed by atoms with Crippen molar-refractivity contribution in [2.45, 2.75) is 32.6 Å². The van der Waals surface area contributed by atoms with Crippen LogP contribution in [0.3, 0.4) is 0 Å². The molecule has 0 radical (unpaired) electrons. The normalized spacial score (nSPS) is 17.4.